The lowest BCUT2D eigenvalue weighted by molar-refractivity contribution is -0.115. The number of ketones is 1. The summed E-state index contributed by atoms with van der Waals surface area (Å²) in [6.45, 7) is 3.53. The average Bonchev–Trinajstić information content (AvgIpc) is 3.27. The van der Waals surface area contributed by atoms with E-state index >= 15 is 0 Å². The molecule has 3 aromatic carbocycles. The lowest BCUT2D eigenvalue weighted by atomic mass is 10.1. The lowest BCUT2D eigenvalue weighted by Crippen LogP contribution is -2.19. The van der Waals surface area contributed by atoms with Crippen LogP contribution in [0.4, 0.5) is 5.69 Å². The number of nitrogens with zero attached hydrogens (tertiary/aromatic N) is 2. The summed E-state index contributed by atoms with van der Waals surface area (Å²) < 4.78 is 0. The topological polar surface area (TPSA) is 87.7 Å². The van der Waals surface area contributed by atoms with Crippen LogP contribution in [-0.2, 0) is 4.79 Å². The zero-order valence-corrected chi connectivity index (χ0v) is 18.5. The Morgan fingerprint density at radius 1 is 0.969 bits per heavy atom. The fraction of sp³-hybridized carbons (Fsp3) is 0.120. The number of aromatic amines is 1. The van der Waals surface area contributed by atoms with Gasteiger partial charge in [0, 0.05) is 16.8 Å². The summed E-state index contributed by atoms with van der Waals surface area (Å²) in [6, 6.07) is 24.4. The van der Waals surface area contributed by atoms with Gasteiger partial charge in [-0.1, -0.05) is 84.1 Å². The smallest absolute Gasteiger partial charge is 0.242 e. The first-order valence-electron chi connectivity index (χ1n) is 10.1. The molecule has 0 saturated carbocycles. The van der Waals surface area contributed by atoms with Gasteiger partial charge in [0.15, 0.2) is 11.6 Å². The second kappa shape index (κ2) is 9.62. The van der Waals surface area contributed by atoms with E-state index in [9.17, 15) is 9.59 Å². The summed E-state index contributed by atoms with van der Waals surface area (Å²) in [7, 11) is 0. The third-order valence-electron chi connectivity index (χ3n) is 4.89. The number of H-pyrrole nitrogens is 1. The molecule has 1 unspecified atom stereocenters. The second-order valence-corrected chi connectivity index (χ2v) is 8.44. The highest BCUT2D eigenvalue weighted by molar-refractivity contribution is 8.00. The van der Waals surface area contributed by atoms with E-state index in [4.69, 9.17) is 0 Å². The zero-order valence-electron chi connectivity index (χ0n) is 17.7. The molecule has 1 aromatic heterocycles. The van der Waals surface area contributed by atoms with E-state index in [2.05, 4.69) is 20.5 Å². The molecule has 0 bridgehead atoms. The molecule has 0 fully saturated rings. The Balaban J connectivity index is 1.58. The summed E-state index contributed by atoms with van der Waals surface area (Å²) in [5, 5.41) is 10.1. The number of hydrogen-bond donors (Lipinski definition) is 2. The summed E-state index contributed by atoms with van der Waals surface area (Å²) in [5.41, 5.74) is 4.04. The molecule has 7 heteroatoms. The molecule has 0 aliphatic rings. The first-order valence-corrected chi connectivity index (χ1v) is 11.0. The number of anilines is 1. The van der Waals surface area contributed by atoms with Crippen LogP contribution in [-0.4, -0.2) is 26.9 Å². The predicted molar refractivity (Wildman–Crippen MR) is 127 cm³/mol. The van der Waals surface area contributed by atoms with Gasteiger partial charge in [0.25, 0.3) is 0 Å². The SMILES string of the molecule is CC(=O)c1cccc(NC(=O)C(Sc2n[nH]c(-c3ccc(C)cc3)n2)c2ccccc2)c1. The fourth-order valence-electron chi connectivity index (χ4n) is 3.17. The maximum Gasteiger partial charge on any atom is 0.242 e. The molecule has 2 N–H and O–H groups in total. The largest absolute Gasteiger partial charge is 0.325 e. The van der Waals surface area contributed by atoms with E-state index in [-0.39, 0.29) is 11.7 Å². The second-order valence-electron chi connectivity index (χ2n) is 7.37. The van der Waals surface area contributed by atoms with Crippen LogP contribution in [0.2, 0.25) is 0 Å². The van der Waals surface area contributed by atoms with Crippen molar-refractivity contribution >= 4 is 29.1 Å². The molecule has 4 rings (SSSR count). The van der Waals surface area contributed by atoms with Crippen molar-refractivity contribution in [3.05, 3.63) is 95.6 Å². The van der Waals surface area contributed by atoms with Gasteiger partial charge in [-0.05, 0) is 31.5 Å². The van der Waals surface area contributed by atoms with E-state index in [1.807, 2.05) is 61.5 Å². The first kappa shape index (κ1) is 21.5. The highest BCUT2D eigenvalue weighted by atomic mass is 32.2. The number of benzene rings is 3. The number of Topliss-reactive ketones (excluding diaryl/α,β-unsaturated/α-hetero) is 1. The minimum atomic E-state index is -0.571. The van der Waals surface area contributed by atoms with Crippen LogP contribution in [0.15, 0.2) is 84.0 Å². The fourth-order valence-corrected chi connectivity index (χ4v) is 4.08. The number of carbonyl (C=O) groups excluding carboxylic acids is 2. The van der Waals surface area contributed by atoms with Crippen LogP contribution in [0.5, 0.6) is 0 Å². The number of amides is 1. The quantitative estimate of drug-likeness (QED) is 0.293. The Morgan fingerprint density at radius 3 is 2.44 bits per heavy atom. The molecule has 0 radical (unpaired) electrons. The monoisotopic (exact) mass is 442 g/mol. The lowest BCUT2D eigenvalue weighted by Gasteiger charge is -2.15. The number of nitrogens with one attached hydrogen (secondary N) is 2. The number of aryl methyl sites for hydroxylation is 1. The van der Waals surface area contributed by atoms with E-state index in [0.29, 0.717) is 22.2 Å². The zero-order chi connectivity index (χ0) is 22.5. The van der Waals surface area contributed by atoms with E-state index in [1.54, 1.807) is 24.3 Å². The van der Waals surface area contributed by atoms with Crippen molar-refractivity contribution in [3.8, 4) is 11.4 Å². The van der Waals surface area contributed by atoms with Crippen molar-refractivity contribution in [3.63, 3.8) is 0 Å². The maximum atomic E-state index is 13.2. The molecular formula is C25H22N4O2S. The number of thioether (sulfide) groups is 1. The Morgan fingerprint density at radius 2 is 1.72 bits per heavy atom. The van der Waals surface area contributed by atoms with Crippen LogP contribution >= 0.6 is 11.8 Å². The highest BCUT2D eigenvalue weighted by Crippen LogP contribution is 2.35. The molecule has 6 nitrogen and oxygen atoms in total. The van der Waals surface area contributed by atoms with E-state index < -0.39 is 5.25 Å². The molecule has 4 aromatic rings. The molecule has 0 saturated heterocycles. The summed E-state index contributed by atoms with van der Waals surface area (Å²) in [4.78, 5) is 29.5. The van der Waals surface area contributed by atoms with Crippen molar-refractivity contribution in [1.82, 2.24) is 15.2 Å². The third-order valence-corrected chi connectivity index (χ3v) is 6.01. The molecule has 0 aliphatic heterocycles. The van der Waals surface area contributed by atoms with Crippen LogP contribution in [0.25, 0.3) is 11.4 Å². The normalized spacial score (nSPS) is 11.7. The Bertz CT molecular complexity index is 1240. The van der Waals surface area contributed by atoms with Crippen molar-refractivity contribution in [2.75, 3.05) is 5.32 Å². The Hall–Kier alpha value is -3.71. The number of aromatic nitrogens is 3. The maximum absolute atomic E-state index is 13.2. The van der Waals surface area contributed by atoms with Crippen LogP contribution < -0.4 is 5.32 Å². The number of carbonyl (C=O) groups is 2. The van der Waals surface area contributed by atoms with Gasteiger partial charge in [-0.3, -0.25) is 14.7 Å². The van der Waals surface area contributed by atoms with Crippen LogP contribution in [0.1, 0.15) is 33.7 Å². The molecule has 1 amide bonds. The Kier molecular flexibility index (Phi) is 6.47. The molecule has 1 atom stereocenters. The van der Waals surface area contributed by atoms with Gasteiger partial charge in [-0.15, -0.1) is 5.10 Å². The van der Waals surface area contributed by atoms with Gasteiger partial charge in [0.2, 0.25) is 11.1 Å². The van der Waals surface area contributed by atoms with Gasteiger partial charge >= 0.3 is 0 Å². The molecule has 0 spiro atoms. The van der Waals surface area contributed by atoms with Gasteiger partial charge in [0.05, 0.1) is 0 Å². The van der Waals surface area contributed by atoms with Gasteiger partial charge < -0.3 is 5.32 Å². The van der Waals surface area contributed by atoms with Gasteiger partial charge in [0.1, 0.15) is 5.25 Å². The van der Waals surface area contributed by atoms with Crippen molar-refractivity contribution in [2.24, 2.45) is 0 Å². The van der Waals surface area contributed by atoms with Gasteiger partial charge in [-0.2, -0.15) is 0 Å². The van der Waals surface area contributed by atoms with Crippen molar-refractivity contribution in [1.29, 1.82) is 0 Å². The van der Waals surface area contributed by atoms with Crippen LogP contribution in [0.3, 0.4) is 0 Å². The molecule has 0 aliphatic carbocycles. The van der Waals surface area contributed by atoms with Crippen LogP contribution in [0, 0.1) is 6.92 Å². The molecular weight excluding hydrogens is 420 g/mol. The summed E-state index contributed by atoms with van der Waals surface area (Å²) in [5.74, 6) is 0.372. The summed E-state index contributed by atoms with van der Waals surface area (Å²) >= 11 is 1.27. The summed E-state index contributed by atoms with van der Waals surface area (Å²) in [6.07, 6.45) is 0. The molecule has 160 valence electrons. The van der Waals surface area contributed by atoms with E-state index in [0.717, 1.165) is 16.7 Å². The standard InChI is InChI=1S/C25H22N4O2S/c1-16-11-13-19(14-12-16)23-27-25(29-28-23)32-22(18-7-4-3-5-8-18)24(31)26-21-10-6-9-20(15-21)17(2)30/h3-15,22H,1-2H3,(H,26,31)(H,27,28,29). The van der Waals surface area contributed by atoms with E-state index in [1.165, 1.54) is 18.7 Å². The van der Waals surface area contributed by atoms with Crippen molar-refractivity contribution < 1.29 is 9.59 Å². The Labute approximate surface area is 190 Å². The molecule has 1 heterocycles. The average molecular weight is 443 g/mol. The minimum Gasteiger partial charge on any atom is -0.325 e. The predicted octanol–water partition coefficient (Wildman–Crippen LogP) is 5.45. The molecule has 32 heavy (non-hydrogen) atoms. The van der Waals surface area contributed by atoms with Gasteiger partial charge in [-0.25, -0.2) is 4.98 Å². The first-order chi connectivity index (χ1) is 15.5. The van der Waals surface area contributed by atoms with Crippen molar-refractivity contribution in [2.45, 2.75) is 24.3 Å². The third kappa shape index (κ3) is 5.12. The number of hydrogen-bond acceptors (Lipinski definition) is 5. The highest BCUT2D eigenvalue weighted by Gasteiger charge is 2.24. The number of rotatable bonds is 7. The minimum absolute atomic E-state index is 0.0561.